The van der Waals surface area contributed by atoms with Gasteiger partial charge in [-0.25, -0.2) is 16.8 Å². The van der Waals surface area contributed by atoms with Gasteiger partial charge in [0.05, 0.1) is 30.0 Å². The quantitative estimate of drug-likeness (QED) is 0.457. The predicted octanol–water partition coefficient (Wildman–Crippen LogP) is 3.05. The van der Waals surface area contributed by atoms with Crippen molar-refractivity contribution in [2.75, 3.05) is 33.8 Å². The van der Waals surface area contributed by atoms with Crippen LogP contribution in [0.2, 0.25) is 0 Å². The second kappa shape index (κ2) is 10.1. The van der Waals surface area contributed by atoms with E-state index >= 15 is 0 Å². The molecule has 0 radical (unpaired) electrons. The van der Waals surface area contributed by atoms with Gasteiger partial charge >= 0.3 is 0 Å². The highest BCUT2D eigenvalue weighted by Gasteiger charge is 2.34. The Kier molecular flexibility index (Phi) is 7.09. The lowest BCUT2D eigenvalue weighted by molar-refractivity contribution is -0.122. The highest BCUT2D eigenvalue weighted by Crippen LogP contribution is 2.34. The molecule has 0 aliphatic carbocycles. The number of sulfonamides is 2. The van der Waals surface area contributed by atoms with E-state index in [9.17, 15) is 21.6 Å². The molecule has 0 saturated heterocycles. The Morgan fingerprint density at radius 1 is 0.972 bits per heavy atom. The van der Waals surface area contributed by atoms with E-state index in [0.717, 1.165) is 10.6 Å². The Bertz CT molecular complexity index is 1460. The first-order chi connectivity index (χ1) is 17.1. The number of benzene rings is 3. The number of para-hydroxylation sites is 2. The number of nitrogens with zero attached hydrogens (tertiary/aromatic N) is 1. The Hall–Kier alpha value is -3.77. The van der Waals surface area contributed by atoms with Gasteiger partial charge < -0.3 is 14.8 Å². The van der Waals surface area contributed by atoms with Gasteiger partial charge in [-0.05, 0) is 67.6 Å². The summed E-state index contributed by atoms with van der Waals surface area (Å²) in [7, 11) is -7.50. The molecule has 2 N–H and O–H groups in total. The number of hydrogen-bond donors (Lipinski definition) is 2. The monoisotopic (exact) mass is 531 g/mol. The van der Waals surface area contributed by atoms with Crippen molar-refractivity contribution in [3.05, 3.63) is 72.8 Å². The molecule has 0 fully saturated rings. The van der Waals surface area contributed by atoms with Crippen molar-refractivity contribution < 1.29 is 31.1 Å². The number of carbonyl (C=O) groups excluding carboxylic acids is 1. The van der Waals surface area contributed by atoms with Crippen LogP contribution < -0.4 is 23.8 Å². The molecule has 0 aromatic heterocycles. The van der Waals surface area contributed by atoms with Crippen molar-refractivity contribution in [3.8, 4) is 11.5 Å². The summed E-state index contributed by atoms with van der Waals surface area (Å²) in [6, 6.07) is 18.7. The van der Waals surface area contributed by atoms with Crippen molar-refractivity contribution in [3.63, 3.8) is 0 Å². The number of ether oxygens (including phenoxy) is 2. The molecule has 1 amide bonds. The van der Waals surface area contributed by atoms with Crippen LogP contribution in [0.3, 0.4) is 0 Å². The van der Waals surface area contributed by atoms with Crippen LogP contribution in [0.5, 0.6) is 11.5 Å². The number of rotatable bonds is 8. The maximum atomic E-state index is 12.8. The first kappa shape index (κ1) is 25.3. The number of anilines is 3. The van der Waals surface area contributed by atoms with Crippen LogP contribution in [-0.2, 0) is 24.8 Å². The minimum absolute atomic E-state index is 0.000443. The number of hydrogen-bond acceptors (Lipinski definition) is 7. The van der Waals surface area contributed by atoms with E-state index < -0.39 is 32.1 Å². The van der Waals surface area contributed by atoms with Crippen molar-refractivity contribution in [2.45, 2.75) is 17.9 Å². The van der Waals surface area contributed by atoms with Crippen LogP contribution in [0.25, 0.3) is 0 Å². The fourth-order valence-electron chi connectivity index (χ4n) is 3.59. The fourth-order valence-corrected chi connectivity index (χ4v) is 5.57. The number of carbonyl (C=O) groups is 1. The molecule has 12 heteroatoms. The zero-order valence-electron chi connectivity index (χ0n) is 19.5. The van der Waals surface area contributed by atoms with E-state index in [1.54, 1.807) is 48.5 Å². The SMILES string of the molecule is CCOc1ccc(NS(=O)(=O)c2ccc(NC(=O)C3CN(S(C)(=O)=O)c4ccccc4O3)cc2)cc1. The number of amides is 1. The highest BCUT2D eigenvalue weighted by molar-refractivity contribution is 7.92. The Morgan fingerprint density at radius 2 is 1.61 bits per heavy atom. The molecule has 1 aliphatic rings. The van der Waals surface area contributed by atoms with E-state index in [4.69, 9.17) is 9.47 Å². The Balaban J connectivity index is 1.44. The first-order valence-electron chi connectivity index (χ1n) is 11.0. The molecule has 1 atom stereocenters. The van der Waals surface area contributed by atoms with Gasteiger partial charge in [0.1, 0.15) is 11.5 Å². The van der Waals surface area contributed by atoms with Crippen LogP contribution in [0.1, 0.15) is 6.92 Å². The van der Waals surface area contributed by atoms with Gasteiger partial charge in [-0.2, -0.15) is 0 Å². The average molecular weight is 532 g/mol. The topological polar surface area (TPSA) is 131 Å². The standard InChI is InChI=1S/C24H25N3O7S2/c1-3-33-19-12-8-18(9-13-19)26-36(31,32)20-14-10-17(11-15-20)25-24(28)23-16-27(35(2,29)30)21-6-4-5-7-22(21)34-23/h4-15,23,26H,3,16H2,1-2H3,(H,25,28). The summed E-state index contributed by atoms with van der Waals surface area (Å²) in [6.07, 6.45) is -0.0377. The van der Waals surface area contributed by atoms with Crippen molar-refractivity contribution in [1.29, 1.82) is 0 Å². The van der Waals surface area contributed by atoms with Crippen LogP contribution in [0.15, 0.2) is 77.7 Å². The van der Waals surface area contributed by atoms with Crippen molar-refractivity contribution in [1.82, 2.24) is 0 Å². The lowest BCUT2D eigenvalue weighted by atomic mass is 10.2. The molecule has 0 spiro atoms. The van der Waals surface area contributed by atoms with Crippen LogP contribution in [0.4, 0.5) is 17.1 Å². The number of nitrogens with one attached hydrogen (secondary N) is 2. The molecule has 4 rings (SSSR count). The smallest absolute Gasteiger partial charge is 0.267 e. The van der Waals surface area contributed by atoms with Gasteiger partial charge in [-0.15, -0.1) is 0 Å². The van der Waals surface area contributed by atoms with Crippen molar-refractivity contribution in [2.24, 2.45) is 0 Å². The molecule has 1 unspecified atom stereocenters. The molecule has 3 aromatic carbocycles. The molecular formula is C24H25N3O7S2. The van der Waals surface area contributed by atoms with Crippen molar-refractivity contribution >= 4 is 43.0 Å². The summed E-state index contributed by atoms with van der Waals surface area (Å²) in [5.41, 5.74) is 1.06. The molecular weight excluding hydrogens is 506 g/mol. The average Bonchev–Trinajstić information content (AvgIpc) is 2.84. The van der Waals surface area contributed by atoms with E-state index in [1.165, 1.54) is 24.3 Å². The first-order valence-corrected chi connectivity index (χ1v) is 14.3. The molecule has 0 bridgehead atoms. The summed E-state index contributed by atoms with van der Waals surface area (Å²) in [5.74, 6) is 0.336. The molecule has 0 saturated carbocycles. The second-order valence-corrected chi connectivity index (χ2v) is 11.5. The van der Waals surface area contributed by atoms with E-state index in [-0.39, 0.29) is 17.2 Å². The minimum Gasteiger partial charge on any atom is -0.494 e. The molecule has 1 aliphatic heterocycles. The highest BCUT2D eigenvalue weighted by atomic mass is 32.2. The summed E-state index contributed by atoms with van der Waals surface area (Å²) in [4.78, 5) is 12.8. The molecule has 36 heavy (non-hydrogen) atoms. The summed E-state index contributed by atoms with van der Waals surface area (Å²) >= 11 is 0. The third kappa shape index (κ3) is 5.71. The second-order valence-electron chi connectivity index (χ2n) is 7.94. The van der Waals surface area contributed by atoms with Crippen LogP contribution >= 0.6 is 0 Å². The van der Waals surface area contributed by atoms with Gasteiger partial charge in [0.25, 0.3) is 15.9 Å². The molecule has 10 nitrogen and oxygen atoms in total. The predicted molar refractivity (Wildman–Crippen MR) is 137 cm³/mol. The Morgan fingerprint density at radius 3 is 2.25 bits per heavy atom. The zero-order valence-corrected chi connectivity index (χ0v) is 21.2. The van der Waals surface area contributed by atoms with E-state index in [2.05, 4.69) is 10.0 Å². The summed E-state index contributed by atoms with van der Waals surface area (Å²) < 4.78 is 64.7. The van der Waals surface area contributed by atoms with E-state index in [1.807, 2.05) is 6.92 Å². The third-order valence-electron chi connectivity index (χ3n) is 5.28. The largest absolute Gasteiger partial charge is 0.494 e. The molecule has 1 heterocycles. The molecule has 3 aromatic rings. The van der Waals surface area contributed by atoms with Gasteiger partial charge in [-0.1, -0.05) is 12.1 Å². The fraction of sp³-hybridized carbons (Fsp3) is 0.208. The maximum absolute atomic E-state index is 12.8. The minimum atomic E-state index is -3.86. The van der Waals surface area contributed by atoms with Gasteiger partial charge in [0, 0.05) is 11.4 Å². The van der Waals surface area contributed by atoms with Gasteiger partial charge in [0.2, 0.25) is 10.0 Å². The summed E-state index contributed by atoms with van der Waals surface area (Å²) in [5, 5.41) is 2.65. The van der Waals surface area contributed by atoms with Crippen LogP contribution in [-0.4, -0.2) is 48.3 Å². The van der Waals surface area contributed by atoms with Crippen LogP contribution in [0, 0.1) is 0 Å². The summed E-state index contributed by atoms with van der Waals surface area (Å²) in [6.45, 7) is 2.17. The number of fused-ring (bicyclic) bond motifs is 1. The normalized spacial score (nSPS) is 15.4. The van der Waals surface area contributed by atoms with Gasteiger partial charge in [-0.3, -0.25) is 13.8 Å². The van der Waals surface area contributed by atoms with Gasteiger partial charge in [0.15, 0.2) is 6.10 Å². The lowest BCUT2D eigenvalue weighted by Gasteiger charge is -2.33. The zero-order chi connectivity index (χ0) is 25.9. The Labute approximate surface area is 209 Å². The molecule has 190 valence electrons. The third-order valence-corrected chi connectivity index (χ3v) is 7.82. The van der Waals surface area contributed by atoms with E-state index in [0.29, 0.717) is 29.4 Å². The lowest BCUT2D eigenvalue weighted by Crippen LogP contribution is -2.48. The maximum Gasteiger partial charge on any atom is 0.267 e.